The van der Waals surface area contributed by atoms with E-state index in [0.717, 1.165) is 70.6 Å². The van der Waals surface area contributed by atoms with E-state index in [0.29, 0.717) is 55.3 Å². The van der Waals surface area contributed by atoms with Gasteiger partial charge in [-0.1, -0.05) is 24.3 Å². The Morgan fingerprint density at radius 3 is 2.38 bits per heavy atom. The van der Waals surface area contributed by atoms with E-state index < -0.39 is 6.09 Å². The molecular weight excluding hydrogens is 757 g/mol. The number of phenolic OH excluding ortho intramolecular Hbond substituents is 1. The Labute approximate surface area is 349 Å². The largest absolute Gasteiger partial charge is 0.508 e. The minimum absolute atomic E-state index is 0.0749. The molecule has 60 heavy (non-hydrogen) atoms. The number of rotatable bonds is 7. The summed E-state index contributed by atoms with van der Waals surface area (Å²) in [5.41, 5.74) is 9.30. The van der Waals surface area contributed by atoms with Gasteiger partial charge in [-0.2, -0.15) is 0 Å². The van der Waals surface area contributed by atoms with E-state index >= 15 is 4.79 Å². The Bertz CT molecular complexity index is 2620. The number of nitrogens with zero attached hydrogens (tertiary/aromatic N) is 6. The summed E-state index contributed by atoms with van der Waals surface area (Å²) in [4.78, 5) is 50.9. The third kappa shape index (κ3) is 7.41. The number of amides is 3. The minimum atomic E-state index is -0.440. The van der Waals surface area contributed by atoms with Crippen LogP contribution in [0.15, 0.2) is 97.2 Å². The Hall–Kier alpha value is -6.37. The lowest BCUT2D eigenvalue weighted by Crippen LogP contribution is -2.52. The predicted molar refractivity (Wildman–Crippen MR) is 231 cm³/mol. The van der Waals surface area contributed by atoms with E-state index in [9.17, 15) is 14.7 Å². The number of fused-ring (bicyclic) bond motifs is 3. The van der Waals surface area contributed by atoms with Crippen molar-refractivity contribution >= 4 is 34.5 Å². The number of aromatic hydroxyl groups is 1. The van der Waals surface area contributed by atoms with Gasteiger partial charge in [-0.15, -0.1) is 0 Å². The average Bonchev–Trinajstić information content (AvgIpc) is 3.79. The number of phenols is 1. The predicted octanol–water partition coefficient (Wildman–Crippen LogP) is 6.93. The number of ether oxygens (including phenoxy) is 2. The average molecular weight is 807 g/mol. The van der Waals surface area contributed by atoms with Crippen molar-refractivity contribution in [1.29, 1.82) is 0 Å². The standard InChI is InChI=1S/C48H50N6O6/c1-31-41(46(56)51(4)37-9-11-39(55)12-10-37)27-45(50(31)3)42-25-33-16-18-53(48(58)60-40-13-14-44-34(24-40)15-17-49(44)2)28-36(33)26-43(42)47(57)54-29-35-8-6-5-7-32(35)23-38(54)30-52-19-21-59-22-20-52/h5-15,17,24-27,38,55H,16,18-23,28-30H2,1-4H3/t38-/m0/s1. The zero-order valence-corrected chi connectivity index (χ0v) is 34.6. The van der Waals surface area contributed by atoms with Crippen molar-refractivity contribution in [2.75, 3.05) is 51.3 Å². The maximum atomic E-state index is 15.4. The van der Waals surface area contributed by atoms with Gasteiger partial charge in [-0.25, -0.2) is 4.79 Å². The Morgan fingerprint density at radius 1 is 0.833 bits per heavy atom. The van der Waals surface area contributed by atoms with Gasteiger partial charge in [0, 0.05) is 112 Å². The van der Waals surface area contributed by atoms with Crippen molar-refractivity contribution in [2.24, 2.45) is 14.1 Å². The molecule has 9 rings (SSSR count). The van der Waals surface area contributed by atoms with E-state index in [1.165, 1.54) is 5.56 Å². The number of hydrogen-bond donors (Lipinski definition) is 1. The minimum Gasteiger partial charge on any atom is -0.508 e. The zero-order chi connectivity index (χ0) is 41.7. The molecule has 0 bridgehead atoms. The second-order valence-corrected chi connectivity index (χ2v) is 16.3. The van der Waals surface area contributed by atoms with Gasteiger partial charge in [-0.05, 0) is 109 Å². The first-order chi connectivity index (χ1) is 29.0. The molecule has 3 aliphatic rings. The van der Waals surface area contributed by atoms with E-state index in [2.05, 4.69) is 29.2 Å². The SMILES string of the molecule is Cc1c(C(=O)N(C)c2ccc(O)cc2)cc(-c2cc3c(cc2C(=O)N2Cc4ccccc4C[C@H]2CN2CCOCC2)CN(C(=O)Oc2ccc4c(ccn4C)c2)CC3)n1C. The van der Waals surface area contributed by atoms with Crippen LogP contribution >= 0.6 is 0 Å². The molecule has 3 aliphatic heterocycles. The maximum Gasteiger partial charge on any atom is 0.415 e. The van der Waals surface area contributed by atoms with Gasteiger partial charge in [-0.3, -0.25) is 14.5 Å². The van der Waals surface area contributed by atoms with E-state index in [1.807, 2.05) is 83.7 Å². The second-order valence-electron chi connectivity index (χ2n) is 16.3. The topological polar surface area (TPSA) is 113 Å². The Morgan fingerprint density at radius 2 is 1.60 bits per heavy atom. The lowest BCUT2D eigenvalue weighted by molar-refractivity contribution is 0.0193. The van der Waals surface area contributed by atoms with E-state index in [4.69, 9.17) is 9.47 Å². The summed E-state index contributed by atoms with van der Waals surface area (Å²) in [5.74, 6) is 0.304. The van der Waals surface area contributed by atoms with Crippen LogP contribution < -0.4 is 9.64 Å². The normalized spacial score (nSPS) is 16.7. The lowest BCUT2D eigenvalue weighted by atomic mass is 9.89. The quantitative estimate of drug-likeness (QED) is 0.186. The molecule has 12 heteroatoms. The van der Waals surface area contributed by atoms with Crippen molar-refractivity contribution in [1.82, 2.24) is 23.8 Å². The summed E-state index contributed by atoms with van der Waals surface area (Å²) in [6, 6.07) is 28.4. The molecule has 3 amide bonds. The number of carbonyl (C=O) groups excluding carboxylic acids is 3. The van der Waals surface area contributed by atoms with Crippen LogP contribution in [0.25, 0.3) is 22.2 Å². The Kier molecular flexibility index (Phi) is 10.4. The number of aryl methyl sites for hydroxylation is 1. The van der Waals surface area contributed by atoms with Crippen LogP contribution in [0.1, 0.15) is 48.7 Å². The summed E-state index contributed by atoms with van der Waals surface area (Å²) >= 11 is 0. The molecule has 0 spiro atoms. The highest BCUT2D eigenvalue weighted by atomic mass is 16.6. The number of aromatic nitrogens is 2. The fraction of sp³-hybridized carbons (Fsp3) is 0.312. The highest BCUT2D eigenvalue weighted by molar-refractivity contribution is 6.08. The van der Waals surface area contributed by atoms with Crippen molar-refractivity contribution in [3.05, 3.63) is 136 Å². The number of anilines is 1. The summed E-state index contributed by atoms with van der Waals surface area (Å²) < 4.78 is 15.6. The summed E-state index contributed by atoms with van der Waals surface area (Å²) in [6.45, 7) is 6.81. The van der Waals surface area contributed by atoms with Crippen molar-refractivity contribution in [2.45, 2.75) is 38.9 Å². The van der Waals surface area contributed by atoms with Gasteiger partial charge in [0.2, 0.25) is 0 Å². The highest BCUT2D eigenvalue weighted by Crippen LogP contribution is 2.36. The molecule has 6 aromatic rings. The highest BCUT2D eigenvalue weighted by Gasteiger charge is 2.35. The molecule has 0 saturated carbocycles. The van der Waals surface area contributed by atoms with Crippen molar-refractivity contribution in [3.8, 4) is 22.8 Å². The molecular formula is C48H50N6O6. The molecule has 1 fully saturated rings. The molecule has 4 aromatic carbocycles. The van der Waals surface area contributed by atoms with Gasteiger partial charge in [0.15, 0.2) is 0 Å². The van der Waals surface area contributed by atoms with E-state index in [-0.39, 0.29) is 30.2 Å². The van der Waals surface area contributed by atoms with Gasteiger partial charge >= 0.3 is 6.09 Å². The smallest absolute Gasteiger partial charge is 0.415 e. The number of morpholine rings is 1. The fourth-order valence-electron chi connectivity index (χ4n) is 9.02. The van der Waals surface area contributed by atoms with Crippen LogP contribution in [0, 0.1) is 6.92 Å². The van der Waals surface area contributed by atoms with Crippen LogP contribution in [0.2, 0.25) is 0 Å². The van der Waals surface area contributed by atoms with Gasteiger partial charge in [0.05, 0.1) is 18.8 Å². The third-order valence-corrected chi connectivity index (χ3v) is 12.7. The van der Waals surface area contributed by atoms with Crippen LogP contribution in [-0.2, 0) is 44.8 Å². The molecule has 0 radical (unpaired) electrons. The van der Waals surface area contributed by atoms with Crippen molar-refractivity contribution in [3.63, 3.8) is 0 Å². The molecule has 12 nitrogen and oxygen atoms in total. The van der Waals surface area contributed by atoms with Gasteiger partial charge in [0.25, 0.3) is 11.8 Å². The molecule has 1 N–H and O–H groups in total. The van der Waals surface area contributed by atoms with Gasteiger partial charge < -0.3 is 38.4 Å². The van der Waals surface area contributed by atoms with Gasteiger partial charge in [0.1, 0.15) is 11.5 Å². The number of benzene rings is 4. The monoisotopic (exact) mass is 806 g/mol. The first-order valence-corrected chi connectivity index (χ1v) is 20.6. The van der Waals surface area contributed by atoms with Crippen LogP contribution in [0.3, 0.4) is 0 Å². The molecule has 0 aliphatic carbocycles. The first kappa shape index (κ1) is 39.1. The van der Waals surface area contributed by atoms with Crippen LogP contribution in [-0.4, -0.2) is 99.3 Å². The Balaban J connectivity index is 1.09. The van der Waals surface area contributed by atoms with Crippen LogP contribution in [0.4, 0.5) is 10.5 Å². The maximum absolute atomic E-state index is 15.4. The number of hydrogen-bond acceptors (Lipinski definition) is 7. The third-order valence-electron chi connectivity index (χ3n) is 12.7. The second kappa shape index (κ2) is 16.0. The fourth-order valence-corrected chi connectivity index (χ4v) is 9.02. The number of carbonyl (C=O) groups is 3. The first-order valence-electron chi connectivity index (χ1n) is 20.6. The van der Waals surface area contributed by atoms with Crippen molar-refractivity contribution < 1.29 is 29.0 Å². The summed E-state index contributed by atoms with van der Waals surface area (Å²) in [7, 11) is 5.63. The summed E-state index contributed by atoms with van der Waals surface area (Å²) in [5, 5.41) is 10.9. The molecule has 1 atom stereocenters. The molecule has 1 saturated heterocycles. The molecule has 0 unspecified atom stereocenters. The van der Waals surface area contributed by atoms with E-state index in [1.54, 1.807) is 41.1 Å². The lowest BCUT2D eigenvalue weighted by Gasteiger charge is -2.41. The molecule has 308 valence electrons. The summed E-state index contributed by atoms with van der Waals surface area (Å²) in [6.07, 6.45) is 2.84. The molecule has 5 heterocycles. The molecule has 2 aromatic heterocycles. The zero-order valence-electron chi connectivity index (χ0n) is 34.6. The van der Waals surface area contributed by atoms with Crippen LogP contribution in [0.5, 0.6) is 11.5 Å².